The number of likely N-dealkylation sites (N-methyl/N-ethyl adjacent to an activating group) is 1. The number of hydrogen-bond acceptors (Lipinski definition) is 5. The number of carbonyl (C=O) groups is 2. The number of aryl methyl sites for hydroxylation is 2. The number of nitrogens with zero attached hydrogens (tertiary/aromatic N) is 2. The zero-order valence-electron chi connectivity index (χ0n) is 19.3. The van der Waals surface area contributed by atoms with Crippen LogP contribution >= 0.6 is 0 Å². The number of anilines is 2. The molecule has 0 bridgehead atoms. The lowest BCUT2D eigenvalue weighted by Gasteiger charge is -2.30. The van der Waals surface area contributed by atoms with Crippen LogP contribution in [0.5, 0.6) is 5.75 Å². The van der Waals surface area contributed by atoms with Crippen molar-refractivity contribution in [2.75, 3.05) is 23.3 Å². The largest absolute Gasteiger partial charge is 0.479 e. The Morgan fingerprint density at radius 1 is 1.24 bits per heavy atom. The Balaban J connectivity index is 1.67. The standard InChI is InChI=1S/C24H29N3O5S/c1-5-26(18-9-6-8-15(2)12-18)24(29)20-10-7-11-27(20)33(30,31)22-14-21-19(13-16(22)3)25-23(28)17(4)32-21/h6,8-9,12-14,17,20H,5,7,10-11H2,1-4H3,(H,25,28)/t17-,20+/m0/s1. The maximum Gasteiger partial charge on any atom is 0.265 e. The maximum atomic E-state index is 13.7. The zero-order chi connectivity index (χ0) is 23.9. The number of benzene rings is 2. The quantitative estimate of drug-likeness (QED) is 0.722. The topological polar surface area (TPSA) is 96.0 Å². The molecule has 4 rings (SSSR count). The maximum absolute atomic E-state index is 13.7. The number of fused-ring (bicyclic) bond motifs is 1. The van der Waals surface area contributed by atoms with Crippen molar-refractivity contribution in [1.82, 2.24) is 4.31 Å². The third-order valence-corrected chi connectivity index (χ3v) is 8.23. The number of rotatable bonds is 5. The number of ether oxygens (including phenoxy) is 1. The summed E-state index contributed by atoms with van der Waals surface area (Å²) < 4.78 is 34.4. The number of sulfonamides is 1. The molecule has 0 unspecified atom stereocenters. The van der Waals surface area contributed by atoms with E-state index in [4.69, 9.17) is 4.74 Å². The van der Waals surface area contributed by atoms with Gasteiger partial charge in [-0.2, -0.15) is 4.31 Å². The second-order valence-corrected chi connectivity index (χ2v) is 10.4. The summed E-state index contributed by atoms with van der Waals surface area (Å²) in [7, 11) is -3.97. The number of carbonyl (C=O) groups excluding carboxylic acids is 2. The normalized spacial score (nSPS) is 20.7. The third-order valence-electron chi connectivity index (χ3n) is 6.18. The van der Waals surface area contributed by atoms with E-state index in [-0.39, 0.29) is 23.3 Å². The van der Waals surface area contributed by atoms with E-state index in [2.05, 4.69) is 5.32 Å². The molecule has 2 heterocycles. The van der Waals surface area contributed by atoms with Gasteiger partial charge in [0.15, 0.2) is 6.10 Å². The molecule has 2 amide bonds. The minimum absolute atomic E-state index is 0.0860. The van der Waals surface area contributed by atoms with Crippen LogP contribution in [0.25, 0.3) is 0 Å². The predicted octanol–water partition coefficient (Wildman–Crippen LogP) is 3.23. The SMILES string of the molecule is CCN(C(=O)[C@H]1CCCN1S(=O)(=O)c1cc2c(cc1C)NC(=O)[C@H](C)O2)c1cccc(C)c1. The second-order valence-electron chi connectivity index (χ2n) is 8.56. The Hall–Kier alpha value is -2.91. The van der Waals surface area contributed by atoms with Crippen LogP contribution < -0.4 is 15.0 Å². The summed E-state index contributed by atoms with van der Waals surface area (Å²) in [6.07, 6.45) is 0.354. The van der Waals surface area contributed by atoms with E-state index in [0.29, 0.717) is 36.4 Å². The average Bonchev–Trinajstić information content (AvgIpc) is 3.26. The van der Waals surface area contributed by atoms with Gasteiger partial charge in [-0.3, -0.25) is 9.59 Å². The monoisotopic (exact) mass is 471 g/mol. The van der Waals surface area contributed by atoms with E-state index in [0.717, 1.165) is 11.3 Å². The van der Waals surface area contributed by atoms with Crippen LogP contribution in [0, 0.1) is 13.8 Å². The van der Waals surface area contributed by atoms with Gasteiger partial charge in [0, 0.05) is 24.8 Å². The van der Waals surface area contributed by atoms with Crippen molar-refractivity contribution >= 4 is 33.2 Å². The molecule has 176 valence electrons. The minimum atomic E-state index is -3.97. The van der Waals surface area contributed by atoms with Crippen molar-refractivity contribution in [3.8, 4) is 5.75 Å². The molecule has 2 atom stereocenters. The summed E-state index contributed by atoms with van der Waals surface area (Å²) in [5.74, 6) is -0.196. The number of amides is 2. The summed E-state index contributed by atoms with van der Waals surface area (Å²) in [5, 5.41) is 2.74. The fourth-order valence-corrected chi connectivity index (χ4v) is 6.34. The van der Waals surface area contributed by atoms with Gasteiger partial charge in [-0.25, -0.2) is 8.42 Å². The smallest absolute Gasteiger partial charge is 0.265 e. The Kier molecular flexibility index (Phi) is 6.20. The van der Waals surface area contributed by atoms with Gasteiger partial charge < -0.3 is 15.0 Å². The van der Waals surface area contributed by atoms with Crippen molar-refractivity contribution in [3.63, 3.8) is 0 Å². The molecule has 9 heteroatoms. The van der Waals surface area contributed by atoms with Crippen molar-refractivity contribution in [1.29, 1.82) is 0 Å². The summed E-state index contributed by atoms with van der Waals surface area (Å²) in [6, 6.07) is 9.92. The van der Waals surface area contributed by atoms with E-state index in [9.17, 15) is 18.0 Å². The van der Waals surface area contributed by atoms with Gasteiger partial charge in [0.05, 0.1) is 10.6 Å². The first-order valence-electron chi connectivity index (χ1n) is 11.2. The van der Waals surface area contributed by atoms with Gasteiger partial charge in [0.2, 0.25) is 15.9 Å². The molecule has 0 spiro atoms. The molecule has 1 saturated heterocycles. The van der Waals surface area contributed by atoms with Crippen molar-refractivity contribution in [2.45, 2.75) is 57.6 Å². The van der Waals surface area contributed by atoms with E-state index >= 15 is 0 Å². The molecule has 8 nitrogen and oxygen atoms in total. The molecule has 2 aromatic carbocycles. The minimum Gasteiger partial charge on any atom is -0.479 e. The van der Waals surface area contributed by atoms with Crippen LogP contribution in [0.2, 0.25) is 0 Å². The molecular formula is C24H29N3O5S. The van der Waals surface area contributed by atoms with Crippen molar-refractivity contribution in [3.05, 3.63) is 47.5 Å². The molecule has 2 aliphatic heterocycles. The van der Waals surface area contributed by atoms with Gasteiger partial charge in [0.1, 0.15) is 11.8 Å². The third kappa shape index (κ3) is 4.22. The average molecular weight is 472 g/mol. The highest BCUT2D eigenvalue weighted by atomic mass is 32.2. The lowest BCUT2D eigenvalue weighted by molar-refractivity contribution is -0.123. The van der Waals surface area contributed by atoms with Crippen LogP contribution in [-0.4, -0.2) is 49.8 Å². The molecule has 1 fully saturated rings. The Morgan fingerprint density at radius 2 is 2.00 bits per heavy atom. The Labute approximate surface area is 194 Å². The highest BCUT2D eigenvalue weighted by Gasteiger charge is 2.42. The van der Waals surface area contributed by atoms with Gasteiger partial charge in [-0.05, 0) is 69.9 Å². The predicted molar refractivity (Wildman–Crippen MR) is 126 cm³/mol. The lowest BCUT2D eigenvalue weighted by atomic mass is 10.1. The first-order chi connectivity index (χ1) is 15.6. The number of nitrogens with one attached hydrogen (secondary N) is 1. The molecule has 33 heavy (non-hydrogen) atoms. The van der Waals surface area contributed by atoms with Gasteiger partial charge in [-0.1, -0.05) is 12.1 Å². The van der Waals surface area contributed by atoms with E-state index in [1.165, 1.54) is 10.4 Å². The molecule has 0 aliphatic carbocycles. The van der Waals surface area contributed by atoms with E-state index < -0.39 is 22.2 Å². The second kappa shape index (κ2) is 8.79. The zero-order valence-corrected chi connectivity index (χ0v) is 20.1. The number of hydrogen-bond donors (Lipinski definition) is 1. The highest BCUT2D eigenvalue weighted by Crippen LogP contribution is 2.37. The van der Waals surface area contributed by atoms with Crippen LogP contribution in [0.4, 0.5) is 11.4 Å². The van der Waals surface area contributed by atoms with Crippen LogP contribution in [0.3, 0.4) is 0 Å². The molecule has 2 aliphatic rings. The Bertz CT molecular complexity index is 1210. The summed E-state index contributed by atoms with van der Waals surface area (Å²) >= 11 is 0. The van der Waals surface area contributed by atoms with Gasteiger partial charge >= 0.3 is 0 Å². The van der Waals surface area contributed by atoms with E-state index in [1.54, 1.807) is 24.8 Å². The molecule has 0 radical (unpaired) electrons. The molecule has 0 saturated carbocycles. The Morgan fingerprint density at radius 3 is 2.70 bits per heavy atom. The molecule has 1 N–H and O–H groups in total. The first kappa shape index (κ1) is 23.3. The molecule has 0 aromatic heterocycles. The van der Waals surface area contributed by atoms with Crippen LogP contribution in [0.15, 0.2) is 41.3 Å². The molecule has 2 aromatic rings. The summed E-state index contributed by atoms with van der Waals surface area (Å²) in [6.45, 7) is 7.83. The van der Waals surface area contributed by atoms with Crippen molar-refractivity contribution < 1.29 is 22.7 Å². The van der Waals surface area contributed by atoms with Crippen LogP contribution in [0.1, 0.15) is 37.8 Å². The highest BCUT2D eigenvalue weighted by molar-refractivity contribution is 7.89. The van der Waals surface area contributed by atoms with Crippen molar-refractivity contribution in [2.24, 2.45) is 0 Å². The summed E-state index contributed by atoms with van der Waals surface area (Å²) in [5.41, 5.74) is 2.71. The lowest BCUT2D eigenvalue weighted by Crippen LogP contribution is -2.48. The van der Waals surface area contributed by atoms with Gasteiger partial charge in [-0.15, -0.1) is 0 Å². The molecular weight excluding hydrogens is 442 g/mol. The summed E-state index contributed by atoms with van der Waals surface area (Å²) in [4.78, 5) is 27.2. The fraction of sp³-hybridized carbons (Fsp3) is 0.417. The van der Waals surface area contributed by atoms with Gasteiger partial charge in [0.25, 0.3) is 5.91 Å². The van der Waals surface area contributed by atoms with Crippen LogP contribution in [-0.2, 0) is 19.6 Å². The van der Waals surface area contributed by atoms with E-state index in [1.807, 2.05) is 38.1 Å². The first-order valence-corrected chi connectivity index (χ1v) is 12.6. The fourth-order valence-electron chi connectivity index (χ4n) is 4.46.